The predicted octanol–water partition coefficient (Wildman–Crippen LogP) is 2.48. The molecule has 0 atom stereocenters. The first kappa shape index (κ1) is 12.7. The molecule has 0 fully saturated rings. The average molecular weight is 402 g/mol. The van der Waals surface area contributed by atoms with Crippen LogP contribution < -0.4 is 4.16 Å². The molecule has 0 spiro atoms. The third kappa shape index (κ3) is 1.89. The molecule has 0 aliphatic heterocycles. The van der Waals surface area contributed by atoms with Gasteiger partial charge in [0.25, 0.3) is 0 Å². The van der Waals surface area contributed by atoms with Crippen molar-refractivity contribution in [1.82, 2.24) is 0 Å². The number of fused-ring (bicyclic) bond motifs is 3. The first-order valence-corrected chi connectivity index (χ1v) is 12.2. The Morgan fingerprint density at radius 2 is 1.63 bits per heavy atom. The van der Waals surface area contributed by atoms with E-state index in [1.165, 1.54) is 11.1 Å². The molecule has 0 aromatic heterocycles. The zero-order valence-electron chi connectivity index (χ0n) is 9.80. The first-order valence-electron chi connectivity index (χ1n) is 5.60. The van der Waals surface area contributed by atoms with Crippen LogP contribution in [0.3, 0.4) is 0 Å². The summed E-state index contributed by atoms with van der Waals surface area (Å²) in [5, 5.41) is 0. The monoisotopic (exact) mass is 402 g/mol. The molecule has 1 aliphatic carbocycles. The molecule has 3 rings (SSSR count). The van der Waals surface area contributed by atoms with Gasteiger partial charge in [-0.1, -0.05) is 0 Å². The zero-order valence-corrected chi connectivity index (χ0v) is 13.1. The van der Waals surface area contributed by atoms with Crippen molar-refractivity contribution in [2.24, 2.45) is 0 Å². The van der Waals surface area contributed by atoms with Crippen LogP contribution in [-0.2, 0) is 27.9 Å². The average Bonchev–Trinajstić information content (AvgIpc) is 2.85. The molecular formula is C15H9BrO2Ru. The van der Waals surface area contributed by atoms with Crippen molar-refractivity contribution in [2.45, 2.75) is 6.42 Å². The molecule has 4 heteroatoms. The molecule has 0 saturated heterocycles. The van der Waals surface area contributed by atoms with Crippen LogP contribution in [0.5, 0.6) is 0 Å². The van der Waals surface area contributed by atoms with Crippen molar-refractivity contribution in [3.8, 4) is 11.1 Å². The van der Waals surface area contributed by atoms with E-state index in [0.717, 1.165) is 21.7 Å². The van der Waals surface area contributed by atoms with Crippen molar-refractivity contribution >= 4 is 26.7 Å². The Balaban J connectivity index is 2.38. The van der Waals surface area contributed by atoms with Gasteiger partial charge in [0.2, 0.25) is 0 Å². The number of carbonyl (C=O) groups excluding carboxylic acids is 2. The Morgan fingerprint density at radius 3 is 2.37 bits per heavy atom. The van der Waals surface area contributed by atoms with E-state index in [1.807, 2.05) is 39.3 Å². The molecule has 19 heavy (non-hydrogen) atoms. The van der Waals surface area contributed by atoms with Crippen LogP contribution in [0.2, 0.25) is 0 Å². The molecule has 2 aromatic carbocycles. The molecule has 0 amide bonds. The van der Waals surface area contributed by atoms with Crippen molar-refractivity contribution in [1.29, 1.82) is 0 Å². The quantitative estimate of drug-likeness (QED) is 0.587. The van der Waals surface area contributed by atoms with Crippen molar-refractivity contribution < 1.29 is 21.5 Å². The summed E-state index contributed by atoms with van der Waals surface area (Å²) in [6.07, 6.45) is 0.763. The van der Waals surface area contributed by atoms with Crippen LogP contribution in [0.1, 0.15) is 11.1 Å². The zero-order chi connectivity index (χ0) is 13.5. The standard InChI is InChI=1S/C13H9.2CO.BrH.Ru/c1-3-7-12-10(5-1)9-11-6-2-4-8-13(11)12;2*1-2;;/h1-5,7-8H,9H2;;;1H;/q;;;;+1/p-1. The summed E-state index contributed by atoms with van der Waals surface area (Å²) in [7, 11) is 0. The maximum atomic E-state index is 11.2. The molecule has 0 heterocycles. The topological polar surface area (TPSA) is 34.1 Å². The van der Waals surface area contributed by atoms with Gasteiger partial charge in [0.05, 0.1) is 0 Å². The second-order valence-corrected chi connectivity index (χ2v) is 13.1. The van der Waals surface area contributed by atoms with E-state index in [0.29, 0.717) is 0 Å². The van der Waals surface area contributed by atoms with E-state index in [-0.39, 0.29) is 0 Å². The molecular weight excluding hydrogens is 393 g/mol. The maximum absolute atomic E-state index is 11.2. The third-order valence-corrected chi connectivity index (χ3v) is 9.47. The second-order valence-electron chi connectivity index (χ2n) is 4.20. The normalized spacial score (nSPS) is 13.1. The molecule has 0 unspecified atom stereocenters. The van der Waals surface area contributed by atoms with Crippen LogP contribution in [0.25, 0.3) is 11.1 Å². The summed E-state index contributed by atoms with van der Waals surface area (Å²) in [5.41, 5.74) is 4.60. The summed E-state index contributed by atoms with van der Waals surface area (Å²) >= 11 is -0.110. The minimum atomic E-state index is -3.42. The number of hydrogen-bond donors (Lipinski definition) is 0. The van der Waals surface area contributed by atoms with Gasteiger partial charge in [0.15, 0.2) is 0 Å². The van der Waals surface area contributed by atoms with Gasteiger partial charge in [-0.25, -0.2) is 0 Å². The van der Waals surface area contributed by atoms with Crippen molar-refractivity contribution in [2.75, 3.05) is 0 Å². The molecule has 0 saturated carbocycles. The van der Waals surface area contributed by atoms with Gasteiger partial charge in [-0.15, -0.1) is 0 Å². The van der Waals surface area contributed by atoms with Gasteiger partial charge in [-0.05, 0) is 0 Å². The van der Waals surface area contributed by atoms with E-state index in [4.69, 9.17) is 0 Å². The summed E-state index contributed by atoms with van der Waals surface area (Å²) in [4.78, 5) is 22.3. The van der Waals surface area contributed by atoms with Crippen LogP contribution in [0.15, 0.2) is 42.5 Å². The molecule has 1 aliphatic rings. The predicted molar refractivity (Wildman–Crippen MR) is 74.6 cm³/mol. The Bertz CT molecular complexity index is 830. The fourth-order valence-electron chi connectivity index (χ4n) is 2.43. The minimum absolute atomic E-state index is 0.763. The Hall–Kier alpha value is -1.30. The molecule has 2 nitrogen and oxygen atoms in total. The van der Waals surface area contributed by atoms with E-state index in [1.54, 1.807) is 0 Å². The third-order valence-electron chi connectivity index (χ3n) is 3.24. The van der Waals surface area contributed by atoms with E-state index >= 15 is 0 Å². The van der Waals surface area contributed by atoms with Gasteiger partial charge >= 0.3 is 119 Å². The number of hydrogen-bond acceptors (Lipinski definition) is 2. The summed E-state index contributed by atoms with van der Waals surface area (Å²) < 4.78 is 4.63. The Kier molecular flexibility index (Phi) is 3.13. The van der Waals surface area contributed by atoms with Crippen molar-refractivity contribution in [3.63, 3.8) is 0 Å². The molecule has 0 N–H and O–H groups in total. The van der Waals surface area contributed by atoms with E-state index in [2.05, 4.69) is 25.8 Å². The van der Waals surface area contributed by atoms with Gasteiger partial charge < -0.3 is 0 Å². The van der Waals surface area contributed by atoms with Gasteiger partial charge in [-0.3, -0.25) is 0 Å². The first-order chi connectivity index (χ1) is 9.19. The molecule has 0 radical (unpaired) electrons. The summed E-state index contributed by atoms with van der Waals surface area (Å²) in [6.45, 7) is 0. The Morgan fingerprint density at radius 1 is 0.947 bits per heavy atom. The van der Waals surface area contributed by atoms with Gasteiger partial charge in [0.1, 0.15) is 0 Å². The number of rotatable bonds is 1. The van der Waals surface area contributed by atoms with Crippen LogP contribution >= 0.6 is 13.6 Å². The molecule has 2 aromatic rings. The van der Waals surface area contributed by atoms with Crippen LogP contribution in [0, 0.1) is 0 Å². The van der Waals surface area contributed by atoms with Gasteiger partial charge in [-0.2, -0.15) is 0 Å². The summed E-state index contributed by atoms with van der Waals surface area (Å²) in [5.74, 6) is 0. The molecule has 96 valence electrons. The fraction of sp³-hybridized carbons (Fsp3) is 0.0667. The summed E-state index contributed by atoms with van der Waals surface area (Å²) in [6, 6.07) is 13.9. The molecule has 0 bridgehead atoms. The second kappa shape index (κ2) is 4.67. The number of benzene rings is 2. The van der Waals surface area contributed by atoms with Crippen molar-refractivity contribution in [3.05, 3.63) is 53.6 Å². The van der Waals surface area contributed by atoms with Crippen LogP contribution in [0.4, 0.5) is 0 Å². The van der Waals surface area contributed by atoms with Crippen LogP contribution in [-0.4, -0.2) is 8.95 Å². The fourth-order valence-corrected chi connectivity index (χ4v) is 6.12. The van der Waals surface area contributed by atoms with Gasteiger partial charge in [0, 0.05) is 0 Å². The SMILES string of the molecule is O=[C]=[Ru]([Br])(=[C]=O)[c]1cccc2c1Cc1ccccc1-2. The number of halogens is 1. The Labute approximate surface area is 119 Å². The van der Waals surface area contributed by atoms with E-state index in [9.17, 15) is 9.59 Å². The van der Waals surface area contributed by atoms with E-state index < -0.39 is 11.9 Å².